The van der Waals surface area contributed by atoms with Crippen LogP contribution in [0.3, 0.4) is 0 Å². The van der Waals surface area contributed by atoms with Gasteiger partial charge in [-0.2, -0.15) is 0 Å². The molecule has 0 aliphatic carbocycles. The molecule has 0 unspecified atom stereocenters. The zero-order valence-electron chi connectivity index (χ0n) is 7.27. The van der Waals surface area contributed by atoms with Gasteiger partial charge in [0.1, 0.15) is 5.82 Å². The van der Waals surface area contributed by atoms with E-state index in [1.807, 2.05) is 19.9 Å². The van der Waals surface area contributed by atoms with Crippen molar-refractivity contribution in [3.8, 4) is 0 Å². The van der Waals surface area contributed by atoms with Crippen LogP contribution in [0.5, 0.6) is 0 Å². The molecule has 0 aliphatic rings. The average molecular weight is 187 g/mol. The lowest BCUT2D eigenvalue weighted by Gasteiger charge is -2.10. The Bertz CT molecular complexity index is 269. The first-order valence-electron chi connectivity index (χ1n) is 4.00. The second kappa shape index (κ2) is 3.90. The molecule has 66 valence electrons. The van der Waals surface area contributed by atoms with Gasteiger partial charge in [-0.15, -0.1) is 11.6 Å². The summed E-state index contributed by atoms with van der Waals surface area (Å²) < 4.78 is 13.1. The van der Waals surface area contributed by atoms with E-state index >= 15 is 0 Å². The van der Waals surface area contributed by atoms with Gasteiger partial charge in [-0.3, -0.25) is 0 Å². The van der Waals surface area contributed by atoms with Crippen molar-refractivity contribution in [2.75, 3.05) is 0 Å². The molecule has 2 heteroatoms. The molecule has 0 atom stereocenters. The van der Waals surface area contributed by atoms with Crippen LogP contribution in [0.15, 0.2) is 18.2 Å². The summed E-state index contributed by atoms with van der Waals surface area (Å²) in [7, 11) is 0. The zero-order valence-corrected chi connectivity index (χ0v) is 8.03. The smallest absolute Gasteiger partial charge is 0.127 e. The average Bonchev–Trinajstić information content (AvgIpc) is 2.03. The second-order valence-corrected chi connectivity index (χ2v) is 3.36. The van der Waals surface area contributed by atoms with E-state index in [4.69, 9.17) is 11.6 Å². The molecule has 0 aliphatic heterocycles. The third-order valence-electron chi connectivity index (χ3n) is 1.91. The summed E-state index contributed by atoms with van der Waals surface area (Å²) in [6.45, 7) is 4.07. The van der Waals surface area contributed by atoms with E-state index in [0.29, 0.717) is 11.5 Å². The number of alkyl halides is 1. The first kappa shape index (κ1) is 9.53. The zero-order chi connectivity index (χ0) is 9.14. The summed E-state index contributed by atoms with van der Waals surface area (Å²) in [6.07, 6.45) is 0. The lowest BCUT2D eigenvalue weighted by atomic mass is 9.98. The van der Waals surface area contributed by atoms with Crippen molar-refractivity contribution < 1.29 is 4.39 Å². The molecule has 0 saturated carbocycles. The van der Waals surface area contributed by atoms with Crippen molar-refractivity contribution >= 4 is 11.6 Å². The van der Waals surface area contributed by atoms with Crippen molar-refractivity contribution in [3.05, 3.63) is 35.1 Å². The SMILES string of the molecule is CC(C)c1cccc(F)c1CCl. The highest BCUT2D eigenvalue weighted by atomic mass is 35.5. The van der Waals surface area contributed by atoms with Gasteiger partial charge in [0, 0.05) is 5.56 Å². The van der Waals surface area contributed by atoms with E-state index in [-0.39, 0.29) is 11.7 Å². The summed E-state index contributed by atoms with van der Waals surface area (Å²) in [5, 5.41) is 0. The first-order valence-corrected chi connectivity index (χ1v) is 4.53. The minimum atomic E-state index is -0.198. The maximum Gasteiger partial charge on any atom is 0.127 e. The fraction of sp³-hybridized carbons (Fsp3) is 0.400. The van der Waals surface area contributed by atoms with E-state index in [2.05, 4.69) is 0 Å². The molecule has 0 saturated heterocycles. The van der Waals surface area contributed by atoms with Crippen LogP contribution in [0.1, 0.15) is 30.9 Å². The van der Waals surface area contributed by atoms with Crippen LogP contribution in [-0.4, -0.2) is 0 Å². The summed E-state index contributed by atoms with van der Waals surface area (Å²) in [5.41, 5.74) is 1.64. The molecule has 0 N–H and O–H groups in total. The monoisotopic (exact) mass is 186 g/mol. The Morgan fingerprint density at radius 3 is 2.50 bits per heavy atom. The van der Waals surface area contributed by atoms with Gasteiger partial charge in [-0.1, -0.05) is 26.0 Å². The molecule has 0 spiro atoms. The lowest BCUT2D eigenvalue weighted by molar-refractivity contribution is 0.611. The van der Waals surface area contributed by atoms with Crippen molar-refractivity contribution in [1.29, 1.82) is 0 Å². The largest absolute Gasteiger partial charge is 0.207 e. The number of rotatable bonds is 2. The molecule has 0 fully saturated rings. The number of hydrogen-bond acceptors (Lipinski definition) is 0. The Morgan fingerprint density at radius 2 is 2.08 bits per heavy atom. The lowest BCUT2D eigenvalue weighted by Crippen LogP contribution is -1.97. The van der Waals surface area contributed by atoms with Crippen molar-refractivity contribution in [1.82, 2.24) is 0 Å². The first-order chi connectivity index (χ1) is 5.66. The number of benzene rings is 1. The molecule has 12 heavy (non-hydrogen) atoms. The van der Waals surface area contributed by atoms with E-state index in [9.17, 15) is 4.39 Å². The van der Waals surface area contributed by atoms with Crippen molar-refractivity contribution in [3.63, 3.8) is 0 Å². The molecule has 0 radical (unpaired) electrons. The van der Waals surface area contributed by atoms with Crippen LogP contribution in [-0.2, 0) is 5.88 Å². The van der Waals surface area contributed by atoms with Gasteiger partial charge in [-0.25, -0.2) is 4.39 Å². The third kappa shape index (κ3) is 1.78. The summed E-state index contributed by atoms with van der Waals surface area (Å²) >= 11 is 5.64. The standard InChI is InChI=1S/C10H12ClF/c1-7(2)8-4-3-5-10(12)9(8)6-11/h3-5,7H,6H2,1-2H3. The highest BCUT2D eigenvalue weighted by molar-refractivity contribution is 6.17. The molecule has 0 amide bonds. The predicted octanol–water partition coefficient (Wildman–Crippen LogP) is 3.69. The minimum absolute atomic E-state index is 0.198. The molecule has 0 aromatic heterocycles. The van der Waals surface area contributed by atoms with E-state index < -0.39 is 0 Å². The summed E-state index contributed by atoms with van der Waals surface area (Å²) in [5.74, 6) is 0.380. The van der Waals surface area contributed by atoms with E-state index in [1.165, 1.54) is 6.07 Å². The number of halogens is 2. The van der Waals surface area contributed by atoms with Crippen molar-refractivity contribution in [2.24, 2.45) is 0 Å². The fourth-order valence-corrected chi connectivity index (χ4v) is 1.54. The van der Waals surface area contributed by atoms with Gasteiger partial charge in [0.25, 0.3) is 0 Å². The van der Waals surface area contributed by atoms with Crippen LogP contribution in [0.2, 0.25) is 0 Å². The topological polar surface area (TPSA) is 0 Å². The Balaban J connectivity index is 3.18. The highest BCUT2D eigenvalue weighted by Gasteiger charge is 2.09. The molecular weight excluding hydrogens is 175 g/mol. The Labute approximate surface area is 77.4 Å². The van der Waals surface area contributed by atoms with E-state index in [0.717, 1.165) is 5.56 Å². The Hall–Kier alpha value is -0.560. The van der Waals surface area contributed by atoms with Crippen LogP contribution in [0, 0.1) is 5.82 Å². The van der Waals surface area contributed by atoms with Gasteiger partial charge in [0.15, 0.2) is 0 Å². The van der Waals surface area contributed by atoms with Gasteiger partial charge in [-0.05, 0) is 17.5 Å². The quantitative estimate of drug-likeness (QED) is 0.618. The minimum Gasteiger partial charge on any atom is -0.207 e. The van der Waals surface area contributed by atoms with Crippen LogP contribution < -0.4 is 0 Å². The Kier molecular flexibility index (Phi) is 3.10. The maximum atomic E-state index is 13.1. The van der Waals surface area contributed by atoms with E-state index in [1.54, 1.807) is 6.07 Å². The maximum absolute atomic E-state index is 13.1. The van der Waals surface area contributed by atoms with Crippen molar-refractivity contribution in [2.45, 2.75) is 25.6 Å². The summed E-state index contributed by atoms with van der Waals surface area (Å²) in [4.78, 5) is 0. The van der Waals surface area contributed by atoms with Gasteiger partial charge >= 0.3 is 0 Å². The molecular formula is C10H12ClF. The van der Waals surface area contributed by atoms with Crippen LogP contribution in [0.25, 0.3) is 0 Å². The molecule has 1 rings (SSSR count). The van der Waals surface area contributed by atoms with Crippen LogP contribution in [0.4, 0.5) is 4.39 Å². The molecule has 0 bridgehead atoms. The molecule has 1 aromatic carbocycles. The normalized spacial score (nSPS) is 10.8. The predicted molar refractivity (Wildman–Crippen MR) is 50.0 cm³/mol. The molecule has 0 heterocycles. The van der Waals surface area contributed by atoms with Gasteiger partial charge in [0.05, 0.1) is 5.88 Å². The third-order valence-corrected chi connectivity index (χ3v) is 2.18. The fourth-order valence-electron chi connectivity index (χ4n) is 1.26. The van der Waals surface area contributed by atoms with Gasteiger partial charge in [0.2, 0.25) is 0 Å². The summed E-state index contributed by atoms with van der Waals surface area (Å²) in [6, 6.07) is 5.09. The molecule has 0 nitrogen and oxygen atoms in total. The second-order valence-electron chi connectivity index (χ2n) is 3.10. The highest BCUT2D eigenvalue weighted by Crippen LogP contribution is 2.23. The van der Waals surface area contributed by atoms with Crippen LogP contribution >= 0.6 is 11.6 Å². The number of hydrogen-bond donors (Lipinski definition) is 0. The van der Waals surface area contributed by atoms with Gasteiger partial charge < -0.3 is 0 Å². The Morgan fingerprint density at radius 1 is 1.42 bits per heavy atom. The molecule has 1 aromatic rings.